The monoisotopic (exact) mass is 217 g/mol. The van der Waals surface area contributed by atoms with Gasteiger partial charge in [-0.3, -0.25) is 4.79 Å². The third-order valence-corrected chi connectivity index (χ3v) is 2.15. The second-order valence-corrected chi connectivity index (χ2v) is 3.40. The van der Waals surface area contributed by atoms with E-state index < -0.39 is 0 Å². The van der Waals surface area contributed by atoms with E-state index in [9.17, 15) is 4.79 Å². The first-order chi connectivity index (χ1) is 7.75. The lowest BCUT2D eigenvalue weighted by molar-refractivity contribution is 0.101. The third kappa shape index (κ3) is 2.48. The fraction of sp³-hybridized carbons (Fsp3) is 0.167. The Bertz CT molecular complexity index is 460. The maximum Gasteiger partial charge on any atom is 0.159 e. The van der Waals surface area contributed by atoms with E-state index in [4.69, 9.17) is 4.74 Å². The van der Waals surface area contributed by atoms with Gasteiger partial charge in [0.25, 0.3) is 0 Å². The first kappa shape index (κ1) is 10.4. The molecule has 1 aromatic carbocycles. The molecule has 0 amide bonds. The normalized spacial score (nSPS) is 10.1. The maximum atomic E-state index is 11.0. The summed E-state index contributed by atoms with van der Waals surface area (Å²) >= 11 is 0. The topological polar surface area (TPSA) is 52.3 Å². The number of ether oxygens (including phenoxy) is 1. The van der Waals surface area contributed by atoms with Crippen LogP contribution < -0.4 is 4.74 Å². The Hall–Kier alpha value is -2.10. The van der Waals surface area contributed by atoms with Gasteiger partial charge in [-0.15, -0.1) is 0 Å². The Labute approximate surface area is 92.8 Å². The van der Waals surface area contributed by atoms with Gasteiger partial charge in [-0.2, -0.15) is 0 Å². The van der Waals surface area contributed by atoms with Gasteiger partial charge in [0, 0.05) is 11.1 Å². The first-order valence-electron chi connectivity index (χ1n) is 4.88. The van der Waals surface area contributed by atoms with Gasteiger partial charge in [0.05, 0.1) is 6.20 Å². The number of ketones is 1. The van der Waals surface area contributed by atoms with Gasteiger partial charge in [0.1, 0.15) is 18.6 Å². The molecule has 0 atom stereocenters. The van der Waals surface area contributed by atoms with Gasteiger partial charge < -0.3 is 9.26 Å². The van der Waals surface area contributed by atoms with E-state index in [2.05, 4.69) is 9.68 Å². The van der Waals surface area contributed by atoms with Gasteiger partial charge in [-0.05, 0) is 31.2 Å². The Balaban J connectivity index is 1.98. The van der Waals surface area contributed by atoms with Crippen LogP contribution in [-0.2, 0) is 6.61 Å². The number of carbonyl (C=O) groups excluding carboxylic acids is 1. The highest BCUT2D eigenvalue weighted by molar-refractivity contribution is 5.94. The predicted octanol–water partition coefficient (Wildman–Crippen LogP) is 2.46. The highest BCUT2D eigenvalue weighted by Gasteiger charge is 2.00. The fourth-order valence-electron chi connectivity index (χ4n) is 1.25. The average molecular weight is 217 g/mol. The van der Waals surface area contributed by atoms with Gasteiger partial charge in [0.2, 0.25) is 0 Å². The SMILES string of the molecule is CC(=O)c1ccc(OCc2cnoc2)cc1. The van der Waals surface area contributed by atoms with Crippen molar-refractivity contribution < 1.29 is 14.1 Å². The summed E-state index contributed by atoms with van der Waals surface area (Å²) in [6, 6.07) is 7.02. The zero-order chi connectivity index (χ0) is 11.4. The van der Waals surface area contributed by atoms with Gasteiger partial charge in [0.15, 0.2) is 5.78 Å². The Morgan fingerprint density at radius 1 is 1.38 bits per heavy atom. The number of hydrogen-bond donors (Lipinski definition) is 0. The minimum Gasteiger partial charge on any atom is -0.489 e. The highest BCUT2D eigenvalue weighted by atomic mass is 16.5. The summed E-state index contributed by atoms with van der Waals surface area (Å²) < 4.78 is 10.2. The van der Waals surface area contributed by atoms with Crippen molar-refractivity contribution in [2.24, 2.45) is 0 Å². The van der Waals surface area contributed by atoms with Crippen molar-refractivity contribution in [1.29, 1.82) is 0 Å². The number of rotatable bonds is 4. The average Bonchev–Trinajstić information content (AvgIpc) is 2.80. The largest absolute Gasteiger partial charge is 0.489 e. The molecule has 16 heavy (non-hydrogen) atoms. The second-order valence-electron chi connectivity index (χ2n) is 3.40. The summed E-state index contributed by atoms with van der Waals surface area (Å²) in [6.45, 7) is 1.94. The molecule has 2 aromatic rings. The number of aromatic nitrogens is 1. The molecular weight excluding hydrogens is 206 g/mol. The minimum absolute atomic E-state index is 0.0468. The predicted molar refractivity (Wildman–Crippen MR) is 57.3 cm³/mol. The molecule has 82 valence electrons. The smallest absolute Gasteiger partial charge is 0.159 e. The van der Waals surface area contributed by atoms with Crippen LogP contribution >= 0.6 is 0 Å². The molecule has 0 aliphatic carbocycles. The van der Waals surface area contributed by atoms with Crippen molar-refractivity contribution in [3.63, 3.8) is 0 Å². The van der Waals surface area contributed by atoms with Crippen LogP contribution in [0.1, 0.15) is 22.8 Å². The minimum atomic E-state index is 0.0468. The van der Waals surface area contributed by atoms with Crippen LogP contribution in [0.3, 0.4) is 0 Å². The molecular formula is C12H11NO3. The van der Waals surface area contributed by atoms with Crippen molar-refractivity contribution in [1.82, 2.24) is 5.16 Å². The molecule has 4 nitrogen and oxygen atoms in total. The van der Waals surface area contributed by atoms with Crippen LogP contribution in [0.25, 0.3) is 0 Å². The Morgan fingerprint density at radius 3 is 2.69 bits per heavy atom. The van der Waals surface area contributed by atoms with Crippen LogP contribution in [0, 0.1) is 0 Å². The van der Waals surface area contributed by atoms with Gasteiger partial charge in [-0.25, -0.2) is 0 Å². The Kier molecular flexibility index (Phi) is 3.00. The number of Topliss-reactive ketones (excluding diaryl/α,β-unsaturated/α-hetero) is 1. The zero-order valence-electron chi connectivity index (χ0n) is 8.84. The van der Waals surface area contributed by atoms with Crippen molar-refractivity contribution >= 4 is 5.78 Å². The van der Waals surface area contributed by atoms with Crippen LogP contribution in [0.4, 0.5) is 0 Å². The van der Waals surface area contributed by atoms with Crippen LogP contribution in [0.15, 0.2) is 41.2 Å². The molecule has 2 rings (SSSR count). The van der Waals surface area contributed by atoms with Crippen LogP contribution in [0.5, 0.6) is 5.75 Å². The van der Waals surface area contributed by atoms with Gasteiger partial charge >= 0.3 is 0 Å². The molecule has 0 N–H and O–H groups in total. The van der Waals surface area contributed by atoms with Crippen LogP contribution in [-0.4, -0.2) is 10.9 Å². The van der Waals surface area contributed by atoms with Crippen molar-refractivity contribution in [3.8, 4) is 5.75 Å². The quantitative estimate of drug-likeness (QED) is 0.738. The summed E-state index contributed by atoms with van der Waals surface area (Å²) in [5.74, 6) is 0.761. The van der Waals surface area contributed by atoms with Crippen molar-refractivity contribution in [3.05, 3.63) is 47.9 Å². The van der Waals surface area contributed by atoms with E-state index in [-0.39, 0.29) is 5.78 Å². The summed E-state index contributed by atoms with van der Waals surface area (Å²) in [7, 11) is 0. The lowest BCUT2D eigenvalue weighted by Crippen LogP contribution is -1.95. The van der Waals surface area contributed by atoms with E-state index in [1.807, 2.05) is 0 Å². The molecule has 1 heterocycles. The van der Waals surface area contributed by atoms with E-state index in [0.29, 0.717) is 17.9 Å². The molecule has 0 spiro atoms. The molecule has 0 saturated carbocycles. The summed E-state index contributed by atoms with van der Waals surface area (Å²) in [5, 5.41) is 3.57. The third-order valence-electron chi connectivity index (χ3n) is 2.15. The fourth-order valence-corrected chi connectivity index (χ4v) is 1.25. The molecule has 0 aliphatic heterocycles. The van der Waals surface area contributed by atoms with Crippen LogP contribution in [0.2, 0.25) is 0 Å². The molecule has 4 heteroatoms. The molecule has 1 aromatic heterocycles. The van der Waals surface area contributed by atoms with E-state index in [0.717, 1.165) is 5.56 Å². The Morgan fingerprint density at radius 2 is 2.12 bits per heavy atom. The number of carbonyl (C=O) groups is 1. The standard InChI is InChI=1S/C12H11NO3/c1-9(14)11-2-4-12(5-3-11)15-7-10-6-13-16-8-10/h2-6,8H,7H2,1H3. The van der Waals surface area contributed by atoms with E-state index >= 15 is 0 Å². The molecule has 0 radical (unpaired) electrons. The highest BCUT2D eigenvalue weighted by Crippen LogP contribution is 2.14. The van der Waals surface area contributed by atoms with E-state index in [1.54, 1.807) is 30.5 Å². The molecule has 0 aliphatic rings. The number of nitrogens with zero attached hydrogens (tertiary/aromatic N) is 1. The van der Waals surface area contributed by atoms with Gasteiger partial charge in [-0.1, -0.05) is 5.16 Å². The number of benzene rings is 1. The summed E-state index contributed by atoms with van der Waals surface area (Å²) in [5.41, 5.74) is 1.55. The van der Waals surface area contributed by atoms with E-state index in [1.165, 1.54) is 13.2 Å². The zero-order valence-corrected chi connectivity index (χ0v) is 8.84. The first-order valence-corrected chi connectivity index (χ1v) is 4.88. The molecule has 0 unspecified atom stereocenters. The summed E-state index contributed by atoms with van der Waals surface area (Å²) in [4.78, 5) is 11.0. The van der Waals surface area contributed by atoms with Crippen molar-refractivity contribution in [2.75, 3.05) is 0 Å². The second kappa shape index (κ2) is 4.61. The van der Waals surface area contributed by atoms with Crippen molar-refractivity contribution in [2.45, 2.75) is 13.5 Å². The number of hydrogen-bond acceptors (Lipinski definition) is 4. The lowest BCUT2D eigenvalue weighted by Gasteiger charge is -2.04. The molecule has 0 fully saturated rings. The maximum absolute atomic E-state index is 11.0. The lowest BCUT2D eigenvalue weighted by atomic mass is 10.1. The molecule has 0 bridgehead atoms. The summed E-state index contributed by atoms with van der Waals surface area (Å²) in [6.07, 6.45) is 3.13. The molecule has 0 saturated heterocycles.